The van der Waals surface area contributed by atoms with Crippen LogP contribution >= 0.6 is 0 Å². The van der Waals surface area contributed by atoms with Crippen LogP contribution in [0.25, 0.3) is 0 Å². The molecule has 0 aromatic heterocycles. The zero-order valence-electron chi connectivity index (χ0n) is 10.9. The normalized spacial score (nSPS) is 9.06. The molecule has 100 valence electrons. The zero-order valence-corrected chi connectivity index (χ0v) is 10.9. The molecule has 0 unspecified atom stereocenters. The van der Waals surface area contributed by atoms with E-state index >= 15 is 0 Å². The predicted molar refractivity (Wildman–Crippen MR) is 69.2 cm³/mol. The molecule has 1 rings (SSSR count). The minimum Gasteiger partial charge on any atom is -0.460 e. The molecule has 4 heteroatoms. The molecule has 0 saturated carbocycles. The molecular formula is C14H20O4. The van der Waals surface area contributed by atoms with Crippen molar-refractivity contribution in [3.63, 3.8) is 0 Å². The van der Waals surface area contributed by atoms with Crippen molar-refractivity contribution in [1.29, 1.82) is 0 Å². The summed E-state index contributed by atoms with van der Waals surface area (Å²) in [4.78, 5) is 22.2. The summed E-state index contributed by atoms with van der Waals surface area (Å²) < 4.78 is 4.60. The van der Waals surface area contributed by atoms with Crippen molar-refractivity contribution in [2.75, 3.05) is 13.2 Å². The maximum atomic E-state index is 11.2. The van der Waals surface area contributed by atoms with Crippen LogP contribution in [0, 0.1) is 0 Å². The van der Waals surface area contributed by atoms with Gasteiger partial charge in [0.1, 0.15) is 0 Å². The average molecular weight is 252 g/mol. The number of aryl methyl sites for hydroxylation is 1. The molecule has 0 amide bonds. The van der Waals surface area contributed by atoms with Gasteiger partial charge in [-0.1, -0.05) is 30.3 Å². The molecule has 18 heavy (non-hydrogen) atoms. The number of hydrogen-bond acceptors (Lipinski definition) is 4. The number of carbonyl (C=O) groups is 2. The Morgan fingerprint density at radius 2 is 1.72 bits per heavy atom. The number of esters is 1. The zero-order chi connectivity index (χ0) is 13.8. The van der Waals surface area contributed by atoms with Gasteiger partial charge in [0, 0.05) is 13.0 Å². The van der Waals surface area contributed by atoms with E-state index in [1.165, 1.54) is 0 Å². The molecule has 0 fully saturated rings. The van der Waals surface area contributed by atoms with Crippen molar-refractivity contribution in [2.24, 2.45) is 0 Å². The fraction of sp³-hybridized carbons (Fsp3) is 0.429. The van der Waals surface area contributed by atoms with E-state index in [1.54, 1.807) is 13.8 Å². The van der Waals surface area contributed by atoms with Crippen LogP contribution in [0.4, 0.5) is 0 Å². The number of benzene rings is 1. The highest BCUT2D eigenvalue weighted by molar-refractivity contribution is 6.33. The molecule has 0 heterocycles. The van der Waals surface area contributed by atoms with Gasteiger partial charge in [0.25, 0.3) is 0 Å². The van der Waals surface area contributed by atoms with Crippen LogP contribution in [-0.2, 0) is 20.7 Å². The summed E-state index contributed by atoms with van der Waals surface area (Å²) in [5, 5.41) is 7.57. The Kier molecular flexibility index (Phi) is 9.50. The molecular weight excluding hydrogens is 232 g/mol. The standard InChI is InChI=1S/C12H14O3.C2H6O/c1-2-15-12(14)11(13)9-8-10-6-4-3-5-7-10;1-2-3/h3-7H,2,8-9H2,1H3;3H,2H2,1H3. The second-order valence-corrected chi connectivity index (χ2v) is 3.45. The summed E-state index contributed by atoms with van der Waals surface area (Å²) in [6, 6.07) is 9.59. The molecule has 0 saturated heterocycles. The number of rotatable bonds is 5. The predicted octanol–water partition coefficient (Wildman–Crippen LogP) is 1.75. The number of aliphatic hydroxyl groups is 1. The first-order valence-electron chi connectivity index (χ1n) is 6.00. The van der Waals surface area contributed by atoms with Crippen LogP contribution in [0.3, 0.4) is 0 Å². The van der Waals surface area contributed by atoms with Gasteiger partial charge in [-0.15, -0.1) is 0 Å². The Bertz CT molecular complexity index is 346. The summed E-state index contributed by atoms with van der Waals surface area (Å²) >= 11 is 0. The summed E-state index contributed by atoms with van der Waals surface area (Å²) in [6.45, 7) is 3.86. The van der Waals surface area contributed by atoms with E-state index in [-0.39, 0.29) is 19.6 Å². The van der Waals surface area contributed by atoms with Gasteiger partial charge in [-0.05, 0) is 25.8 Å². The third-order valence-corrected chi connectivity index (χ3v) is 1.99. The number of Topliss-reactive ketones (excluding diaryl/α,β-unsaturated/α-hetero) is 1. The van der Waals surface area contributed by atoms with Crippen molar-refractivity contribution in [1.82, 2.24) is 0 Å². The van der Waals surface area contributed by atoms with Crippen molar-refractivity contribution in [2.45, 2.75) is 26.7 Å². The van der Waals surface area contributed by atoms with Crippen LogP contribution in [0.5, 0.6) is 0 Å². The third kappa shape index (κ3) is 7.57. The van der Waals surface area contributed by atoms with Crippen LogP contribution in [0.15, 0.2) is 30.3 Å². The number of ketones is 1. The molecule has 0 atom stereocenters. The van der Waals surface area contributed by atoms with Gasteiger partial charge in [-0.2, -0.15) is 0 Å². The molecule has 0 spiro atoms. The van der Waals surface area contributed by atoms with Crippen LogP contribution in [0.1, 0.15) is 25.8 Å². The van der Waals surface area contributed by atoms with Gasteiger partial charge in [0.05, 0.1) is 6.61 Å². The molecule has 0 aliphatic heterocycles. The SMILES string of the molecule is CCO.CCOC(=O)C(=O)CCc1ccccc1. The maximum absolute atomic E-state index is 11.2. The number of hydrogen-bond donors (Lipinski definition) is 1. The van der Waals surface area contributed by atoms with Gasteiger partial charge < -0.3 is 9.84 Å². The molecule has 1 N–H and O–H groups in total. The second-order valence-electron chi connectivity index (χ2n) is 3.45. The Labute approximate surface area is 108 Å². The Hall–Kier alpha value is -1.68. The van der Waals surface area contributed by atoms with Crippen molar-refractivity contribution >= 4 is 11.8 Å². The minimum atomic E-state index is -0.728. The van der Waals surface area contributed by atoms with E-state index in [4.69, 9.17) is 5.11 Å². The smallest absolute Gasteiger partial charge is 0.374 e. The van der Waals surface area contributed by atoms with Gasteiger partial charge in [-0.3, -0.25) is 4.79 Å². The van der Waals surface area contributed by atoms with E-state index in [1.807, 2.05) is 30.3 Å². The van der Waals surface area contributed by atoms with Gasteiger partial charge in [-0.25, -0.2) is 4.79 Å². The van der Waals surface area contributed by atoms with Crippen molar-refractivity contribution in [3.8, 4) is 0 Å². The summed E-state index contributed by atoms with van der Waals surface area (Å²) in [5.41, 5.74) is 1.05. The van der Waals surface area contributed by atoms with Crippen LogP contribution in [-0.4, -0.2) is 30.1 Å². The first kappa shape index (κ1) is 16.3. The van der Waals surface area contributed by atoms with Gasteiger partial charge in [0.2, 0.25) is 5.78 Å². The molecule has 1 aromatic rings. The number of ether oxygens (including phenoxy) is 1. The van der Waals surface area contributed by atoms with Crippen LogP contribution < -0.4 is 0 Å². The van der Waals surface area contributed by atoms with E-state index < -0.39 is 11.8 Å². The Balaban J connectivity index is 0.000000873. The summed E-state index contributed by atoms with van der Waals surface area (Å²) in [6.07, 6.45) is 0.793. The summed E-state index contributed by atoms with van der Waals surface area (Å²) in [7, 11) is 0. The topological polar surface area (TPSA) is 63.6 Å². The molecule has 0 radical (unpaired) electrons. The average Bonchev–Trinajstić information content (AvgIpc) is 2.38. The van der Waals surface area contributed by atoms with E-state index in [0.29, 0.717) is 6.42 Å². The number of carbonyl (C=O) groups excluding carboxylic acids is 2. The molecule has 0 aliphatic rings. The maximum Gasteiger partial charge on any atom is 0.374 e. The molecule has 1 aromatic carbocycles. The highest BCUT2D eigenvalue weighted by atomic mass is 16.5. The quantitative estimate of drug-likeness (QED) is 0.640. The third-order valence-electron chi connectivity index (χ3n) is 1.99. The van der Waals surface area contributed by atoms with E-state index in [0.717, 1.165) is 5.56 Å². The first-order chi connectivity index (χ1) is 8.65. The lowest BCUT2D eigenvalue weighted by Gasteiger charge is -2.01. The Morgan fingerprint density at radius 1 is 1.17 bits per heavy atom. The highest BCUT2D eigenvalue weighted by Gasteiger charge is 2.13. The number of aliphatic hydroxyl groups excluding tert-OH is 1. The lowest BCUT2D eigenvalue weighted by atomic mass is 10.1. The lowest BCUT2D eigenvalue weighted by molar-refractivity contribution is -0.153. The minimum absolute atomic E-state index is 0.211. The highest BCUT2D eigenvalue weighted by Crippen LogP contribution is 2.03. The molecule has 0 aliphatic carbocycles. The fourth-order valence-electron chi connectivity index (χ4n) is 1.22. The monoisotopic (exact) mass is 252 g/mol. The summed E-state index contributed by atoms with van der Waals surface area (Å²) in [5.74, 6) is -1.19. The van der Waals surface area contributed by atoms with E-state index in [9.17, 15) is 9.59 Å². The second kappa shape index (κ2) is 10.5. The fourth-order valence-corrected chi connectivity index (χ4v) is 1.22. The lowest BCUT2D eigenvalue weighted by Crippen LogP contribution is -2.17. The van der Waals surface area contributed by atoms with Gasteiger partial charge in [0.15, 0.2) is 0 Å². The van der Waals surface area contributed by atoms with E-state index in [2.05, 4.69) is 4.74 Å². The first-order valence-corrected chi connectivity index (χ1v) is 6.00. The van der Waals surface area contributed by atoms with Crippen LogP contribution in [0.2, 0.25) is 0 Å². The molecule has 4 nitrogen and oxygen atoms in total. The van der Waals surface area contributed by atoms with Gasteiger partial charge >= 0.3 is 5.97 Å². The Morgan fingerprint density at radius 3 is 2.22 bits per heavy atom. The molecule has 0 bridgehead atoms. The van der Waals surface area contributed by atoms with Crippen molar-refractivity contribution < 1.29 is 19.4 Å². The van der Waals surface area contributed by atoms with Crippen molar-refractivity contribution in [3.05, 3.63) is 35.9 Å². The largest absolute Gasteiger partial charge is 0.460 e.